The lowest BCUT2D eigenvalue weighted by Gasteiger charge is -2.14. The van der Waals surface area contributed by atoms with Crippen LogP contribution in [-0.2, 0) is 6.18 Å². The van der Waals surface area contributed by atoms with Gasteiger partial charge >= 0.3 is 6.18 Å². The Morgan fingerprint density at radius 1 is 1.10 bits per heavy atom. The van der Waals surface area contributed by atoms with Gasteiger partial charge < -0.3 is 10.5 Å². The van der Waals surface area contributed by atoms with Gasteiger partial charge in [0.2, 0.25) is 0 Å². The van der Waals surface area contributed by atoms with Crippen LogP contribution < -0.4 is 10.5 Å². The Bertz CT molecular complexity index is 685. The summed E-state index contributed by atoms with van der Waals surface area (Å²) < 4.78 is 57.4. The summed E-state index contributed by atoms with van der Waals surface area (Å²) in [6.45, 7) is 0. The number of hydrogen-bond acceptors (Lipinski definition) is 2. The summed E-state index contributed by atoms with van der Waals surface area (Å²) >= 11 is 4.59. The normalized spacial score (nSPS) is 11.2. The molecule has 0 spiro atoms. The van der Waals surface area contributed by atoms with E-state index < -0.39 is 17.6 Å². The SMILES string of the molecule is NC(=S)c1ccc(Oc2ccccc2F)cc1C(F)(F)F. The summed E-state index contributed by atoms with van der Waals surface area (Å²) in [6, 6.07) is 8.48. The fourth-order valence-electron chi connectivity index (χ4n) is 1.69. The van der Waals surface area contributed by atoms with Crippen molar-refractivity contribution >= 4 is 17.2 Å². The second-order valence-electron chi connectivity index (χ2n) is 4.10. The maximum absolute atomic E-state index is 13.4. The van der Waals surface area contributed by atoms with Gasteiger partial charge in [-0.3, -0.25) is 0 Å². The van der Waals surface area contributed by atoms with Gasteiger partial charge in [0.25, 0.3) is 0 Å². The van der Waals surface area contributed by atoms with E-state index in [1.54, 1.807) is 0 Å². The van der Waals surface area contributed by atoms with Crippen molar-refractivity contribution in [2.24, 2.45) is 5.73 Å². The minimum absolute atomic E-state index is 0.160. The van der Waals surface area contributed by atoms with Crippen molar-refractivity contribution in [1.29, 1.82) is 0 Å². The summed E-state index contributed by atoms with van der Waals surface area (Å²) in [4.78, 5) is -0.375. The van der Waals surface area contributed by atoms with Crippen LogP contribution in [0.2, 0.25) is 0 Å². The van der Waals surface area contributed by atoms with Crippen LogP contribution in [0, 0.1) is 5.82 Å². The van der Waals surface area contributed by atoms with E-state index in [9.17, 15) is 17.6 Å². The van der Waals surface area contributed by atoms with Gasteiger partial charge in [0.15, 0.2) is 11.6 Å². The predicted octanol–water partition coefficient (Wildman–Crippen LogP) is 4.27. The summed E-state index contributed by atoms with van der Waals surface area (Å²) in [5.74, 6) is -1.01. The van der Waals surface area contributed by atoms with Crippen molar-refractivity contribution in [1.82, 2.24) is 0 Å². The number of hydrogen-bond donors (Lipinski definition) is 1. The lowest BCUT2D eigenvalue weighted by molar-refractivity contribution is -0.137. The Balaban J connectivity index is 2.43. The van der Waals surface area contributed by atoms with Gasteiger partial charge in [-0.05, 0) is 30.3 Å². The van der Waals surface area contributed by atoms with Crippen LogP contribution in [0.3, 0.4) is 0 Å². The number of alkyl halides is 3. The largest absolute Gasteiger partial charge is 0.454 e. The Kier molecular flexibility index (Phi) is 4.13. The molecule has 0 amide bonds. The zero-order valence-electron chi connectivity index (χ0n) is 10.4. The molecule has 0 unspecified atom stereocenters. The van der Waals surface area contributed by atoms with Crippen molar-refractivity contribution < 1.29 is 22.3 Å². The lowest BCUT2D eigenvalue weighted by atomic mass is 10.1. The highest BCUT2D eigenvalue weighted by Gasteiger charge is 2.34. The molecule has 0 heterocycles. The second kappa shape index (κ2) is 5.69. The molecule has 0 bridgehead atoms. The van der Waals surface area contributed by atoms with Gasteiger partial charge in [-0.2, -0.15) is 13.2 Å². The molecular weight excluding hydrogens is 306 g/mol. The number of rotatable bonds is 3. The van der Waals surface area contributed by atoms with Gasteiger partial charge in [-0.25, -0.2) is 4.39 Å². The number of thiocarbonyl (C=S) groups is 1. The predicted molar refractivity (Wildman–Crippen MR) is 73.8 cm³/mol. The quantitative estimate of drug-likeness (QED) is 0.678. The van der Waals surface area contributed by atoms with Gasteiger partial charge in [0, 0.05) is 5.56 Å². The Hall–Kier alpha value is -2.15. The van der Waals surface area contributed by atoms with E-state index in [0.717, 1.165) is 18.2 Å². The molecule has 0 radical (unpaired) electrons. The third-order valence-electron chi connectivity index (χ3n) is 2.63. The molecular formula is C14H9F4NOS. The molecule has 0 aromatic heterocycles. The van der Waals surface area contributed by atoms with E-state index in [2.05, 4.69) is 12.2 Å². The highest BCUT2D eigenvalue weighted by Crippen LogP contribution is 2.35. The standard InChI is InChI=1S/C14H9F4NOS/c15-11-3-1-2-4-12(11)20-8-5-6-9(13(19)21)10(7-8)14(16,17)18/h1-7H,(H2,19,21). The Morgan fingerprint density at radius 2 is 1.76 bits per heavy atom. The van der Waals surface area contributed by atoms with Crippen LogP contribution >= 0.6 is 12.2 Å². The van der Waals surface area contributed by atoms with Crippen LogP contribution in [0.15, 0.2) is 42.5 Å². The average molecular weight is 315 g/mol. The topological polar surface area (TPSA) is 35.2 Å². The van der Waals surface area contributed by atoms with Gasteiger partial charge in [0.05, 0.1) is 5.56 Å². The first kappa shape index (κ1) is 15.2. The molecule has 0 atom stereocenters. The first-order valence-corrected chi connectivity index (χ1v) is 6.13. The first-order valence-electron chi connectivity index (χ1n) is 5.72. The van der Waals surface area contributed by atoms with E-state index in [-0.39, 0.29) is 22.1 Å². The zero-order valence-corrected chi connectivity index (χ0v) is 11.3. The van der Waals surface area contributed by atoms with E-state index in [1.807, 2.05) is 0 Å². The lowest BCUT2D eigenvalue weighted by Crippen LogP contribution is -2.17. The third kappa shape index (κ3) is 3.49. The molecule has 0 aliphatic rings. The highest BCUT2D eigenvalue weighted by atomic mass is 32.1. The number of benzene rings is 2. The maximum Gasteiger partial charge on any atom is 0.417 e. The fourth-order valence-corrected chi connectivity index (χ4v) is 1.87. The monoisotopic (exact) mass is 315 g/mol. The van der Waals surface area contributed by atoms with Crippen molar-refractivity contribution in [3.8, 4) is 11.5 Å². The number of ether oxygens (including phenoxy) is 1. The van der Waals surface area contributed by atoms with Crippen LogP contribution in [-0.4, -0.2) is 4.99 Å². The molecule has 0 aliphatic heterocycles. The van der Waals surface area contributed by atoms with Crippen LogP contribution in [0.5, 0.6) is 11.5 Å². The minimum Gasteiger partial charge on any atom is -0.454 e. The van der Waals surface area contributed by atoms with Crippen molar-refractivity contribution in [3.05, 3.63) is 59.4 Å². The molecule has 110 valence electrons. The van der Waals surface area contributed by atoms with Crippen molar-refractivity contribution in [2.45, 2.75) is 6.18 Å². The third-order valence-corrected chi connectivity index (χ3v) is 2.85. The Morgan fingerprint density at radius 3 is 2.33 bits per heavy atom. The molecule has 2 N–H and O–H groups in total. The molecule has 2 aromatic rings. The molecule has 2 rings (SSSR count). The molecule has 0 saturated carbocycles. The molecule has 0 saturated heterocycles. The second-order valence-corrected chi connectivity index (χ2v) is 4.54. The van der Waals surface area contributed by atoms with Gasteiger partial charge in [-0.1, -0.05) is 24.4 Å². The van der Waals surface area contributed by atoms with E-state index in [4.69, 9.17) is 10.5 Å². The molecule has 21 heavy (non-hydrogen) atoms. The van der Waals surface area contributed by atoms with Gasteiger partial charge in [0.1, 0.15) is 10.7 Å². The molecule has 2 aromatic carbocycles. The van der Waals surface area contributed by atoms with E-state index in [0.29, 0.717) is 0 Å². The zero-order chi connectivity index (χ0) is 15.6. The van der Waals surface area contributed by atoms with Gasteiger partial charge in [-0.15, -0.1) is 0 Å². The van der Waals surface area contributed by atoms with Crippen LogP contribution in [0.1, 0.15) is 11.1 Å². The maximum atomic E-state index is 13.4. The summed E-state index contributed by atoms with van der Waals surface area (Å²) in [6.07, 6.45) is -4.65. The summed E-state index contributed by atoms with van der Waals surface area (Å²) in [7, 11) is 0. The number of para-hydroxylation sites is 1. The molecule has 0 fully saturated rings. The number of halogens is 4. The molecule has 0 aliphatic carbocycles. The minimum atomic E-state index is -4.65. The molecule has 2 nitrogen and oxygen atoms in total. The van der Waals surface area contributed by atoms with Crippen molar-refractivity contribution in [3.63, 3.8) is 0 Å². The van der Waals surface area contributed by atoms with Crippen LogP contribution in [0.25, 0.3) is 0 Å². The van der Waals surface area contributed by atoms with Crippen molar-refractivity contribution in [2.75, 3.05) is 0 Å². The average Bonchev–Trinajstić information content (AvgIpc) is 2.40. The van der Waals surface area contributed by atoms with E-state index >= 15 is 0 Å². The first-order chi connectivity index (χ1) is 9.79. The fraction of sp³-hybridized carbons (Fsp3) is 0.0714. The van der Waals surface area contributed by atoms with E-state index in [1.165, 1.54) is 24.3 Å². The smallest absolute Gasteiger partial charge is 0.417 e. The van der Waals surface area contributed by atoms with Crippen LogP contribution in [0.4, 0.5) is 17.6 Å². The summed E-state index contributed by atoms with van der Waals surface area (Å²) in [5.41, 5.74) is 3.94. The Labute approximate surface area is 123 Å². The number of nitrogens with two attached hydrogens (primary N) is 1. The summed E-state index contributed by atoms with van der Waals surface area (Å²) in [5, 5.41) is 0. The highest BCUT2D eigenvalue weighted by molar-refractivity contribution is 7.80. The molecule has 7 heteroatoms.